The molecule has 0 fully saturated rings. The van der Waals surface area contributed by atoms with Crippen LogP contribution in [-0.2, 0) is 0 Å². The van der Waals surface area contributed by atoms with E-state index in [9.17, 15) is 0 Å². The minimum Gasteiger partial charge on any atom is -0.365 e. The molecular formula is C9H8N2S. The second kappa shape index (κ2) is 3.03. The highest BCUT2D eigenvalue weighted by Crippen LogP contribution is 2.26. The van der Waals surface area contributed by atoms with Crippen LogP contribution >= 0.6 is 12.2 Å². The minimum absolute atomic E-state index is 0.133. The third-order valence-electron chi connectivity index (χ3n) is 1.87. The summed E-state index contributed by atoms with van der Waals surface area (Å²) in [5.41, 5.74) is 2.15. The summed E-state index contributed by atoms with van der Waals surface area (Å²) in [5.74, 6) is 0. The maximum atomic E-state index is 4.90. The Morgan fingerprint density at radius 3 is 3.08 bits per heavy atom. The van der Waals surface area contributed by atoms with Crippen molar-refractivity contribution in [2.24, 2.45) is 4.99 Å². The summed E-state index contributed by atoms with van der Waals surface area (Å²) in [6.07, 6.45) is 1.69. The standard InChI is InChI=1S/C9H8N2S/c12-5-9-7-3-1-2-4-8(7)10-6-11-9/h1-6,9H,(H,10,11). The Balaban J connectivity index is 2.52. The van der Waals surface area contributed by atoms with E-state index in [4.69, 9.17) is 12.2 Å². The first-order valence-electron chi connectivity index (χ1n) is 3.74. The molecule has 1 atom stereocenters. The van der Waals surface area contributed by atoms with Gasteiger partial charge in [0.25, 0.3) is 0 Å². The predicted octanol–water partition coefficient (Wildman–Crippen LogP) is 1.99. The van der Waals surface area contributed by atoms with Gasteiger partial charge in [-0.1, -0.05) is 30.4 Å². The van der Waals surface area contributed by atoms with Crippen molar-refractivity contribution in [2.75, 3.05) is 0 Å². The zero-order valence-electron chi connectivity index (χ0n) is 6.40. The smallest absolute Gasteiger partial charge is 0.0894 e. The Morgan fingerprint density at radius 1 is 1.42 bits per heavy atom. The molecule has 0 bridgehead atoms. The fraction of sp³-hybridized carbons (Fsp3) is 0.111. The van der Waals surface area contributed by atoms with Crippen LogP contribution < -0.4 is 5.32 Å². The lowest BCUT2D eigenvalue weighted by Crippen LogP contribution is -2.22. The average molecular weight is 176 g/mol. The minimum atomic E-state index is 0.133. The first-order valence-corrected chi connectivity index (χ1v) is 4.22. The van der Waals surface area contributed by atoms with Crippen molar-refractivity contribution < 1.29 is 0 Å². The third kappa shape index (κ3) is 1.12. The first kappa shape index (κ1) is 7.43. The van der Waals surface area contributed by atoms with Gasteiger partial charge in [0.1, 0.15) is 0 Å². The van der Waals surface area contributed by atoms with Crippen molar-refractivity contribution in [3.05, 3.63) is 29.8 Å². The van der Waals surface area contributed by atoms with Crippen LogP contribution in [0.1, 0.15) is 11.6 Å². The molecule has 0 aliphatic carbocycles. The number of para-hydroxylation sites is 1. The van der Waals surface area contributed by atoms with Gasteiger partial charge in [0, 0.05) is 10.9 Å². The Labute approximate surface area is 76.3 Å². The Morgan fingerprint density at radius 2 is 2.25 bits per heavy atom. The number of benzene rings is 1. The van der Waals surface area contributed by atoms with Gasteiger partial charge in [-0.3, -0.25) is 0 Å². The van der Waals surface area contributed by atoms with Crippen molar-refractivity contribution >= 4 is 29.6 Å². The lowest BCUT2D eigenvalue weighted by Gasteiger charge is -2.18. The van der Waals surface area contributed by atoms with Crippen LogP contribution in [0.25, 0.3) is 0 Å². The van der Waals surface area contributed by atoms with Gasteiger partial charge in [0.2, 0.25) is 0 Å². The summed E-state index contributed by atoms with van der Waals surface area (Å²) in [5, 5.41) is 4.79. The van der Waals surface area contributed by atoms with Crippen molar-refractivity contribution in [1.82, 2.24) is 5.32 Å². The molecule has 0 aromatic heterocycles. The van der Waals surface area contributed by atoms with Crippen molar-refractivity contribution in [3.63, 3.8) is 0 Å². The molecule has 0 spiro atoms. The zero-order chi connectivity index (χ0) is 8.39. The molecule has 1 aliphatic heterocycles. The number of rotatable bonds is 1. The largest absolute Gasteiger partial charge is 0.365 e. The second-order valence-corrected chi connectivity index (χ2v) is 2.87. The number of nitrogens with one attached hydrogen (secondary N) is 1. The summed E-state index contributed by atoms with van der Waals surface area (Å²) in [4.78, 5) is 4.19. The molecule has 1 aliphatic rings. The van der Waals surface area contributed by atoms with Gasteiger partial charge in [-0.15, -0.1) is 0 Å². The van der Waals surface area contributed by atoms with Crippen LogP contribution in [-0.4, -0.2) is 11.7 Å². The van der Waals surface area contributed by atoms with E-state index in [1.165, 1.54) is 0 Å². The molecule has 0 amide bonds. The summed E-state index contributed by atoms with van der Waals surface area (Å²) in [7, 11) is 0. The van der Waals surface area contributed by atoms with E-state index in [-0.39, 0.29) is 6.04 Å². The molecule has 2 nitrogen and oxygen atoms in total. The third-order valence-corrected chi connectivity index (χ3v) is 2.14. The van der Waals surface area contributed by atoms with Crippen LogP contribution in [0.2, 0.25) is 0 Å². The molecule has 3 heteroatoms. The molecule has 12 heavy (non-hydrogen) atoms. The summed E-state index contributed by atoms with van der Waals surface area (Å²) >= 11 is 4.90. The van der Waals surface area contributed by atoms with Crippen LogP contribution in [0.15, 0.2) is 29.3 Å². The van der Waals surface area contributed by atoms with Gasteiger partial charge < -0.3 is 5.32 Å². The normalized spacial score (nSPS) is 19.5. The van der Waals surface area contributed by atoms with Crippen LogP contribution in [0.4, 0.5) is 5.69 Å². The van der Waals surface area contributed by atoms with Crippen LogP contribution in [0, 0.1) is 0 Å². The number of nitrogens with zero attached hydrogens (tertiary/aromatic N) is 1. The average Bonchev–Trinajstić information content (AvgIpc) is 2.17. The molecule has 1 aromatic carbocycles. The number of aliphatic imine (C=N–C) groups is 1. The van der Waals surface area contributed by atoms with E-state index in [0.29, 0.717) is 0 Å². The van der Waals surface area contributed by atoms with Gasteiger partial charge in [-0.05, 0) is 6.07 Å². The number of hydrogen-bond acceptors (Lipinski definition) is 3. The van der Waals surface area contributed by atoms with Gasteiger partial charge in [-0.2, -0.15) is 0 Å². The number of hydrogen-bond donors (Lipinski definition) is 1. The number of fused-ring (bicyclic) bond motifs is 1. The SMILES string of the molecule is S=CC1NC=Nc2ccccc21. The lowest BCUT2D eigenvalue weighted by molar-refractivity contribution is 0.855. The molecule has 2 rings (SSSR count). The first-order chi connectivity index (χ1) is 5.92. The lowest BCUT2D eigenvalue weighted by atomic mass is 10.1. The second-order valence-electron chi connectivity index (χ2n) is 2.60. The maximum absolute atomic E-state index is 4.90. The van der Waals surface area contributed by atoms with E-state index in [0.717, 1.165) is 11.3 Å². The number of thiocarbonyl (C=S) groups is 1. The van der Waals surface area contributed by atoms with Gasteiger partial charge in [0.05, 0.1) is 18.1 Å². The summed E-state index contributed by atoms with van der Waals surface area (Å²) in [6, 6.07) is 8.12. The maximum Gasteiger partial charge on any atom is 0.0894 e. The van der Waals surface area contributed by atoms with Crippen molar-refractivity contribution in [3.8, 4) is 0 Å². The zero-order valence-corrected chi connectivity index (χ0v) is 7.21. The highest BCUT2D eigenvalue weighted by molar-refractivity contribution is 7.79. The molecule has 1 unspecified atom stereocenters. The van der Waals surface area contributed by atoms with E-state index in [1.807, 2.05) is 24.3 Å². The van der Waals surface area contributed by atoms with Crippen LogP contribution in [0.3, 0.4) is 0 Å². The molecule has 60 valence electrons. The van der Waals surface area contributed by atoms with E-state index in [1.54, 1.807) is 11.7 Å². The summed E-state index contributed by atoms with van der Waals surface area (Å²) in [6.45, 7) is 0. The van der Waals surface area contributed by atoms with Gasteiger partial charge >= 0.3 is 0 Å². The van der Waals surface area contributed by atoms with Crippen molar-refractivity contribution in [1.29, 1.82) is 0 Å². The topological polar surface area (TPSA) is 24.4 Å². The summed E-state index contributed by atoms with van der Waals surface area (Å²) < 4.78 is 0. The van der Waals surface area contributed by atoms with E-state index in [2.05, 4.69) is 10.3 Å². The molecule has 0 saturated carbocycles. The fourth-order valence-corrected chi connectivity index (χ4v) is 1.48. The molecule has 1 heterocycles. The molecular weight excluding hydrogens is 168 g/mol. The highest BCUT2D eigenvalue weighted by Gasteiger charge is 2.12. The molecule has 0 radical (unpaired) electrons. The van der Waals surface area contributed by atoms with E-state index < -0.39 is 0 Å². The Bertz CT molecular complexity index is 333. The van der Waals surface area contributed by atoms with Gasteiger partial charge in [-0.25, -0.2) is 4.99 Å². The molecule has 0 saturated heterocycles. The molecule has 1 N–H and O–H groups in total. The monoisotopic (exact) mass is 176 g/mol. The van der Waals surface area contributed by atoms with Crippen LogP contribution in [0.5, 0.6) is 0 Å². The predicted molar refractivity (Wildman–Crippen MR) is 54.1 cm³/mol. The van der Waals surface area contributed by atoms with Crippen molar-refractivity contribution in [2.45, 2.75) is 6.04 Å². The Hall–Kier alpha value is -1.22. The Kier molecular flexibility index (Phi) is 1.87. The van der Waals surface area contributed by atoms with E-state index >= 15 is 0 Å². The fourth-order valence-electron chi connectivity index (χ4n) is 1.26. The molecule has 1 aromatic rings. The van der Waals surface area contributed by atoms with Gasteiger partial charge in [0.15, 0.2) is 0 Å². The quantitative estimate of drug-likeness (QED) is 0.662. The highest BCUT2D eigenvalue weighted by atomic mass is 32.1.